The quantitative estimate of drug-likeness (QED) is 0.442. The second-order valence-corrected chi connectivity index (χ2v) is 4.68. The van der Waals surface area contributed by atoms with E-state index in [1.54, 1.807) is 0 Å². The smallest absolute Gasteiger partial charge is 0.290 e. The van der Waals surface area contributed by atoms with Crippen molar-refractivity contribution >= 4 is 21.2 Å². The molecule has 6 nitrogen and oxygen atoms in total. The molecule has 0 spiro atoms. The molecule has 0 saturated heterocycles. The zero-order valence-electron chi connectivity index (χ0n) is 7.30. The molecule has 0 aliphatic rings. The van der Waals surface area contributed by atoms with Crippen LogP contribution in [0.2, 0.25) is 0 Å². The standard InChI is InChI=1S/C7H8N2O4S/c1-14(12,13)7-5(8)3-2-4-6(7)9(10)11/h2-4H,8H2,1H3. The first-order chi connectivity index (χ1) is 6.34. The molecule has 7 heteroatoms. The highest BCUT2D eigenvalue weighted by Gasteiger charge is 2.24. The van der Waals surface area contributed by atoms with Crippen LogP contribution in [-0.2, 0) is 9.84 Å². The van der Waals surface area contributed by atoms with E-state index in [2.05, 4.69) is 0 Å². The lowest BCUT2D eigenvalue weighted by Crippen LogP contribution is -2.06. The first-order valence-electron chi connectivity index (χ1n) is 3.57. The summed E-state index contributed by atoms with van der Waals surface area (Å²) in [6, 6.07) is 3.75. The van der Waals surface area contributed by atoms with Crippen molar-refractivity contribution in [2.45, 2.75) is 4.90 Å². The maximum atomic E-state index is 11.2. The predicted octanol–water partition coefficient (Wildman–Crippen LogP) is 0.581. The summed E-state index contributed by atoms with van der Waals surface area (Å²) in [6.45, 7) is 0. The Balaban J connectivity index is 3.62. The molecule has 76 valence electrons. The lowest BCUT2D eigenvalue weighted by molar-refractivity contribution is -0.387. The predicted molar refractivity (Wildman–Crippen MR) is 50.6 cm³/mol. The second-order valence-electron chi connectivity index (χ2n) is 2.72. The molecular formula is C7H8N2O4S. The normalized spacial score (nSPS) is 11.2. The van der Waals surface area contributed by atoms with Crippen LogP contribution < -0.4 is 5.73 Å². The monoisotopic (exact) mass is 216 g/mol. The van der Waals surface area contributed by atoms with E-state index in [1.807, 2.05) is 0 Å². The van der Waals surface area contributed by atoms with Crippen LogP contribution in [0.5, 0.6) is 0 Å². The number of nitrogen functional groups attached to an aromatic ring is 1. The molecule has 1 aromatic rings. The van der Waals surface area contributed by atoms with E-state index in [0.717, 1.165) is 12.3 Å². The molecule has 0 bridgehead atoms. The number of benzene rings is 1. The van der Waals surface area contributed by atoms with E-state index in [1.165, 1.54) is 12.1 Å². The fourth-order valence-electron chi connectivity index (χ4n) is 1.09. The zero-order chi connectivity index (χ0) is 10.9. The number of nitro benzene ring substituents is 1. The van der Waals surface area contributed by atoms with Crippen LogP contribution in [0.3, 0.4) is 0 Å². The average Bonchev–Trinajstić information content (AvgIpc) is 2.01. The average molecular weight is 216 g/mol. The van der Waals surface area contributed by atoms with Crippen LogP contribution in [0.15, 0.2) is 23.1 Å². The van der Waals surface area contributed by atoms with Crippen molar-refractivity contribution < 1.29 is 13.3 Å². The maximum Gasteiger partial charge on any atom is 0.290 e. The Kier molecular flexibility index (Phi) is 2.43. The molecule has 0 fully saturated rings. The molecule has 0 atom stereocenters. The summed E-state index contributed by atoms with van der Waals surface area (Å²) >= 11 is 0. The number of hydrogen-bond donors (Lipinski definition) is 1. The second kappa shape index (κ2) is 3.26. The molecule has 0 heterocycles. The van der Waals surface area contributed by atoms with Crippen LogP contribution in [0, 0.1) is 10.1 Å². The van der Waals surface area contributed by atoms with Gasteiger partial charge in [-0.3, -0.25) is 10.1 Å². The summed E-state index contributed by atoms with van der Waals surface area (Å²) in [5, 5.41) is 10.5. The summed E-state index contributed by atoms with van der Waals surface area (Å²) < 4.78 is 22.4. The van der Waals surface area contributed by atoms with Gasteiger partial charge in [0.2, 0.25) is 0 Å². The highest BCUT2D eigenvalue weighted by molar-refractivity contribution is 7.91. The number of rotatable bonds is 2. The van der Waals surface area contributed by atoms with Gasteiger partial charge in [0, 0.05) is 12.3 Å². The van der Waals surface area contributed by atoms with Crippen molar-refractivity contribution in [3.05, 3.63) is 28.3 Å². The van der Waals surface area contributed by atoms with Gasteiger partial charge in [-0.05, 0) is 6.07 Å². The van der Waals surface area contributed by atoms with Crippen molar-refractivity contribution in [2.24, 2.45) is 0 Å². The summed E-state index contributed by atoms with van der Waals surface area (Å²) in [6.07, 6.45) is 0.881. The van der Waals surface area contributed by atoms with E-state index in [0.29, 0.717) is 0 Å². The van der Waals surface area contributed by atoms with Gasteiger partial charge in [-0.2, -0.15) is 0 Å². The third kappa shape index (κ3) is 1.82. The molecule has 0 saturated carbocycles. The topological polar surface area (TPSA) is 103 Å². The largest absolute Gasteiger partial charge is 0.397 e. The SMILES string of the molecule is CS(=O)(=O)c1c(N)cccc1[N+](=O)[O-]. The van der Waals surface area contributed by atoms with Gasteiger partial charge < -0.3 is 5.73 Å². The maximum absolute atomic E-state index is 11.2. The molecule has 0 amide bonds. The lowest BCUT2D eigenvalue weighted by atomic mass is 10.3. The number of sulfone groups is 1. The van der Waals surface area contributed by atoms with Gasteiger partial charge in [0.1, 0.15) is 0 Å². The van der Waals surface area contributed by atoms with Gasteiger partial charge >= 0.3 is 0 Å². The molecule has 1 aromatic carbocycles. The molecular weight excluding hydrogens is 208 g/mol. The van der Waals surface area contributed by atoms with Crippen molar-refractivity contribution in [1.29, 1.82) is 0 Å². The van der Waals surface area contributed by atoms with Crippen molar-refractivity contribution in [2.75, 3.05) is 12.0 Å². The Morgan fingerprint density at radius 2 is 2.00 bits per heavy atom. The van der Waals surface area contributed by atoms with E-state index >= 15 is 0 Å². The van der Waals surface area contributed by atoms with Crippen LogP contribution in [-0.4, -0.2) is 19.6 Å². The third-order valence-electron chi connectivity index (χ3n) is 1.59. The Morgan fingerprint density at radius 1 is 1.43 bits per heavy atom. The number of anilines is 1. The first kappa shape index (κ1) is 10.5. The van der Waals surface area contributed by atoms with E-state index in [-0.39, 0.29) is 5.69 Å². The molecule has 0 aromatic heterocycles. The minimum atomic E-state index is -3.68. The Morgan fingerprint density at radius 3 is 2.36 bits per heavy atom. The van der Waals surface area contributed by atoms with Gasteiger partial charge in [0.25, 0.3) is 5.69 Å². The Labute approximate surface area is 80.4 Å². The van der Waals surface area contributed by atoms with Crippen molar-refractivity contribution in [3.8, 4) is 0 Å². The fraction of sp³-hybridized carbons (Fsp3) is 0.143. The van der Waals surface area contributed by atoms with Gasteiger partial charge in [-0.25, -0.2) is 8.42 Å². The van der Waals surface area contributed by atoms with Crippen molar-refractivity contribution in [3.63, 3.8) is 0 Å². The molecule has 0 aliphatic heterocycles. The van der Waals surface area contributed by atoms with Crippen LogP contribution >= 0.6 is 0 Å². The Bertz CT molecular complexity index is 480. The van der Waals surface area contributed by atoms with Crippen LogP contribution in [0.25, 0.3) is 0 Å². The molecule has 0 radical (unpaired) electrons. The first-order valence-corrected chi connectivity index (χ1v) is 5.46. The van der Waals surface area contributed by atoms with Gasteiger partial charge in [0.15, 0.2) is 14.7 Å². The fourth-order valence-corrected chi connectivity index (χ4v) is 2.11. The van der Waals surface area contributed by atoms with E-state index in [9.17, 15) is 18.5 Å². The van der Waals surface area contributed by atoms with Crippen LogP contribution in [0.4, 0.5) is 11.4 Å². The van der Waals surface area contributed by atoms with Crippen molar-refractivity contribution in [1.82, 2.24) is 0 Å². The minimum absolute atomic E-state index is 0.110. The third-order valence-corrected chi connectivity index (χ3v) is 2.78. The summed E-state index contributed by atoms with van der Waals surface area (Å²) in [5.41, 5.74) is 4.76. The molecule has 1 rings (SSSR count). The summed E-state index contributed by atoms with van der Waals surface area (Å²) in [7, 11) is -3.68. The molecule has 0 aliphatic carbocycles. The Hall–Kier alpha value is -1.63. The lowest BCUT2D eigenvalue weighted by Gasteiger charge is -2.03. The minimum Gasteiger partial charge on any atom is -0.397 e. The van der Waals surface area contributed by atoms with Gasteiger partial charge in [-0.1, -0.05) is 6.07 Å². The number of hydrogen-bond acceptors (Lipinski definition) is 5. The zero-order valence-corrected chi connectivity index (χ0v) is 8.11. The molecule has 2 N–H and O–H groups in total. The number of nitrogens with two attached hydrogens (primary N) is 1. The number of nitro groups is 1. The van der Waals surface area contributed by atoms with Gasteiger partial charge in [-0.15, -0.1) is 0 Å². The van der Waals surface area contributed by atoms with E-state index in [4.69, 9.17) is 5.73 Å². The molecule has 0 unspecified atom stereocenters. The number of nitrogens with zero attached hydrogens (tertiary/aromatic N) is 1. The summed E-state index contributed by atoms with van der Waals surface area (Å²) in [4.78, 5) is 9.31. The molecule has 14 heavy (non-hydrogen) atoms. The highest BCUT2D eigenvalue weighted by atomic mass is 32.2. The van der Waals surface area contributed by atoms with Gasteiger partial charge in [0.05, 0.1) is 10.6 Å². The van der Waals surface area contributed by atoms with E-state index < -0.39 is 25.3 Å². The highest BCUT2D eigenvalue weighted by Crippen LogP contribution is 2.28. The summed E-state index contributed by atoms with van der Waals surface area (Å²) in [5.74, 6) is 0. The van der Waals surface area contributed by atoms with Crippen LogP contribution in [0.1, 0.15) is 0 Å².